The van der Waals surface area contributed by atoms with Gasteiger partial charge in [0.25, 0.3) is 0 Å². The van der Waals surface area contributed by atoms with E-state index in [1.807, 2.05) is 5.32 Å². The van der Waals surface area contributed by atoms with Gasteiger partial charge in [0, 0.05) is 6.07 Å². The van der Waals surface area contributed by atoms with Crippen LogP contribution in [0.25, 0.3) is 0 Å². The number of aromatic nitrogens is 2. The molecule has 1 rings (SSSR count). The number of nitrogens with one attached hydrogen (secondary N) is 1. The zero-order chi connectivity index (χ0) is 12.3. The van der Waals surface area contributed by atoms with Gasteiger partial charge in [-0.1, -0.05) is 0 Å². The Labute approximate surface area is 93.1 Å². The summed E-state index contributed by atoms with van der Waals surface area (Å²) < 4.78 is 36.7. The molecule has 9 heteroatoms. The van der Waals surface area contributed by atoms with Crippen LogP contribution in [0.4, 0.5) is 19.1 Å². The molecule has 88 valence electrons. The molecule has 16 heavy (non-hydrogen) atoms. The highest BCUT2D eigenvalue weighted by molar-refractivity contribution is 7.81. The number of hydrogen-bond donors (Lipinski definition) is 3. The van der Waals surface area contributed by atoms with E-state index in [9.17, 15) is 18.0 Å². The van der Waals surface area contributed by atoms with E-state index in [2.05, 4.69) is 22.6 Å². The monoisotopic (exact) mass is 253 g/mol. The van der Waals surface area contributed by atoms with Crippen LogP contribution in [0.5, 0.6) is 5.88 Å². The predicted octanol–water partition coefficient (Wildman–Crippen LogP) is 1.07. The van der Waals surface area contributed by atoms with Crippen molar-refractivity contribution in [3.63, 3.8) is 0 Å². The number of nitrogens with zero attached hydrogens (tertiary/aromatic N) is 2. The van der Waals surface area contributed by atoms with Gasteiger partial charge in [0.05, 0.1) is 5.75 Å². The highest BCUT2D eigenvalue weighted by atomic mass is 32.1. The average molecular weight is 253 g/mol. The average Bonchev–Trinajstić information content (AvgIpc) is 2.15. The van der Waals surface area contributed by atoms with Crippen LogP contribution in [0, 0.1) is 0 Å². The molecule has 1 heterocycles. The van der Waals surface area contributed by atoms with Crippen molar-refractivity contribution in [1.82, 2.24) is 9.97 Å². The molecule has 0 saturated heterocycles. The Bertz CT molecular complexity index is 410. The van der Waals surface area contributed by atoms with Crippen molar-refractivity contribution in [3.8, 4) is 5.88 Å². The van der Waals surface area contributed by atoms with E-state index in [0.717, 1.165) is 0 Å². The Kier molecular flexibility index (Phi) is 3.58. The smallest absolute Gasteiger partial charge is 0.433 e. The van der Waals surface area contributed by atoms with E-state index in [0.29, 0.717) is 6.07 Å². The van der Waals surface area contributed by atoms with Crippen molar-refractivity contribution >= 4 is 24.5 Å². The third-order valence-electron chi connectivity index (χ3n) is 1.40. The maximum Gasteiger partial charge on any atom is 0.433 e. The molecule has 1 aromatic heterocycles. The highest BCUT2D eigenvalue weighted by Gasteiger charge is 2.33. The third kappa shape index (κ3) is 3.26. The lowest BCUT2D eigenvalue weighted by atomic mass is 10.4. The van der Waals surface area contributed by atoms with Gasteiger partial charge in [0.15, 0.2) is 5.69 Å². The zero-order valence-electron chi connectivity index (χ0n) is 7.62. The molecule has 5 nitrogen and oxygen atoms in total. The number of hydrogen-bond acceptors (Lipinski definition) is 5. The van der Waals surface area contributed by atoms with Crippen LogP contribution in [0.1, 0.15) is 5.69 Å². The summed E-state index contributed by atoms with van der Waals surface area (Å²) in [4.78, 5) is 17.1. The van der Waals surface area contributed by atoms with Crippen LogP contribution < -0.4 is 5.32 Å². The first-order valence-corrected chi connectivity index (χ1v) is 4.52. The van der Waals surface area contributed by atoms with Gasteiger partial charge in [-0.05, 0) is 0 Å². The van der Waals surface area contributed by atoms with Crippen LogP contribution in [0.3, 0.4) is 0 Å². The summed E-state index contributed by atoms with van der Waals surface area (Å²) in [6, 6.07) is 0.357. The first-order chi connectivity index (χ1) is 7.32. The minimum Gasteiger partial charge on any atom is -0.493 e. The molecular weight excluding hydrogens is 247 g/mol. The second-order valence-corrected chi connectivity index (χ2v) is 2.96. The van der Waals surface area contributed by atoms with E-state index in [1.165, 1.54) is 0 Å². The van der Waals surface area contributed by atoms with Crippen LogP contribution in [-0.2, 0) is 11.0 Å². The second kappa shape index (κ2) is 4.56. The molecule has 0 unspecified atom stereocenters. The number of anilines is 1. The number of aromatic hydroxyl groups is 1. The summed E-state index contributed by atoms with van der Waals surface area (Å²) in [5.41, 5.74) is -1.34. The van der Waals surface area contributed by atoms with Crippen molar-refractivity contribution < 1.29 is 23.1 Å². The van der Waals surface area contributed by atoms with E-state index >= 15 is 0 Å². The number of alkyl halides is 3. The number of halogens is 3. The van der Waals surface area contributed by atoms with Crippen molar-refractivity contribution in [3.05, 3.63) is 11.8 Å². The summed E-state index contributed by atoms with van der Waals surface area (Å²) >= 11 is 3.60. The van der Waals surface area contributed by atoms with Crippen molar-refractivity contribution in [2.24, 2.45) is 0 Å². The molecule has 0 fully saturated rings. The van der Waals surface area contributed by atoms with Gasteiger partial charge in [-0.25, -0.2) is 4.98 Å². The number of thiol groups is 1. The molecule has 2 N–H and O–H groups in total. The Morgan fingerprint density at radius 1 is 1.50 bits per heavy atom. The Balaban J connectivity index is 3.04. The van der Waals surface area contributed by atoms with Gasteiger partial charge in [0.2, 0.25) is 17.7 Å². The van der Waals surface area contributed by atoms with Crippen molar-refractivity contribution in [1.29, 1.82) is 0 Å². The molecule has 0 spiro atoms. The van der Waals surface area contributed by atoms with Crippen LogP contribution in [0.2, 0.25) is 0 Å². The largest absolute Gasteiger partial charge is 0.493 e. The summed E-state index contributed by atoms with van der Waals surface area (Å²) in [5.74, 6) is -2.41. The maximum absolute atomic E-state index is 12.2. The van der Waals surface area contributed by atoms with Crippen molar-refractivity contribution in [2.75, 3.05) is 11.1 Å². The molecule has 0 aliphatic carbocycles. The molecular formula is C7H6F3N3O2S. The lowest BCUT2D eigenvalue weighted by molar-refractivity contribution is -0.141. The molecule has 0 saturated carbocycles. The molecule has 0 aliphatic heterocycles. The van der Waals surface area contributed by atoms with Gasteiger partial charge < -0.3 is 5.11 Å². The van der Waals surface area contributed by atoms with E-state index in [4.69, 9.17) is 5.11 Å². The fraction of sp³-hybridized carbons (Fsp3) is 0.286. The third-order valence-corrected chi connectivity index (χ3v) is 1.69. The Morgan fingerprint density at radius 2 is 2.12 bits per heavy atom. The molecule has 0 aliphatic rings. The SMILES string of the molecule is O=C(CS)Nc1nc(O)cc(C(F)(F)F)n1. The quantitative estimate of drug-likeness (QED) is 0.689. The molecule has 0 aromatic carbocycles. The van der Waals surface area contributed by atoms with Crippen LogP contribution >= 0.6 is 12.6 Å². The van der Waals surface area contributed by atoms with Gasteiger partial charge in [-0.15, -0.1) is 0 Å². The molecule has 1 amide bonds. The highest BCUT2D eigenvalue weighted by Crippen LogP contribution is 2.29. The summed E-state index contributed by atoms with van der Waals surface area (Å²) in [6.45, 7) is 0. The number of carbonyl (C=O) groups excluding carboxylic acids is 1. The van der Waals surface area contributed by atoms with E-state index in [-0.39, 0.29) is 5.75 Å². The molecule has 0 radical (unpaired) electrons. The number of carbonyl (C=O) groups is 1. The topological polar surface area (TPSA) is 75.1 Å². The minimum absolute atomic E-state index is 0.236. The van der Waals surface area contributed by atoms with Gasteiger partial charge in [-0.2, -0.15) is 30.8 Å². The number of amides is 1. The lowest BCUT2D eigenvalue weighted by Crippen LogP contribution is -2.17. The van der Waals surface area contributed by atoms with E-state index in [1.54, 1.807) is 0 Å². The standard InChI is InChI=1S/C7H6F3N3O2S/c8-7(9,10)3-1-4(14)12-6(11-3)13-5(15)2-16/h1,16H,2H2,(H2,11,12,13,14,15). The molecule has 0 bridgehead atoms. The predicted molar refractivity (Wildman–Crippen MR) is 51.2 cm³/mol. The van der Waals surface area contributed by atoms with Crippen LogP contribution in [0.15, 0.2) is 6.07 Å². The fourth-order valence-electron chi connectivity index (χ4n) is 0.800. The molecule has 0 atom stereocenters. The Morgan fingerprint density at radius 3 is 2.62 bits per heavy atom. The van der Waals surface area contributed by atoms with Gasteiger partial charge in [0.1, 0.15) is 0 Å². The first-order valence-electron chi connectivity index (χ1n) is 3.89. The Hall–Kier alpha value is -1.51. The number of rotatable bonds is 2. The second-order valence-electron chi connectivity index (χ2n) is 2.64. The van der Waals surface area contributed by atoms with Crippen molar-refractivity contribution in [2.45, 2.75) is 6.18 Å². The first kappa shape index (κ1) is 12.6. The minimum atomic E-state index is -4.72. The van der Waals surface area contributed by atoms with Gasteiger partial charge in [-0.3, -0.25) is 10.1 Å². The lowest BCUT2D eigenvalue weighted by Gasteiger charge is -2.08. The molecule has 1 aromatic rings. The zero-order valence-corrected chi connectivity index (χ0v) is 8.51. The summed E-state index contributed by atoms with van der Waals surface area (Å²) in [5, 5.41) is 10.9. The van der Waals surface area contributed by atoms with Crippen LogP contribution in [-0.4, -0.2) is 26.7 Å². The van der Waals surface area contributed by atoms with E-state index < -0.39 is 29.6 Å². The normalized spacial score (nSPS) is 11.2. The summed E-state index contributed by atoms with van der Waals surface area (Å²) in [7, 11) is 0. The fourth-order valence-corrected chi connectivity index (χ4v) is 0.879. The van der Waals surface area contributed by atoms with Gasteiger partial charge >= 0.3 is 6.18 Å². The maximum atomic E-state index is 12.2. The summed E-state index contributed by atoms with van der Waals surface area (Å²) in [6.07, 6.45) is -4.72.